The van der Waals surface area contributed by atoms with Gasteiger partial charge in [0.25, 0.3) is 0 Å². The molecule has 1 aliphatic rings. The van der Waals surface area contributed by atoms with Crippen molar-refractivity contribution >= 4 is 29.1 Å². The van der Waals surface area contributed by atoms with Crippen LogP contribution in [-0.4, -0.2) is 17.9 Å². The summed E-state index contributed by atoms with van der Waals surface area (Å²) in [5.74, 6) is -0.172. The van der Waals surface area contributed by atoms with Crippen LogP contribution < -0.4 is 10.2 Å². The first kappa shape index (κ1) is 16.5. The highest BCUT2D eigenvalue weighted by atomic mass is 35.5. The highest BCUT2D eigenvalue weighted by Gasteiger charge is 2.37. The van der Waals surface area contributed by atoms with Crippen LogP contribution in [0.4, 0.5) is 5.69 Å². The second-order valence-corrected chi connectivity index (χ2v) is 6.25. The van der Waals surface area contributed by atoms with Crippen LogP contribution in [0.25, 0.3) is 0 Å². The van der Waals surface area contributed by atoms with E-state index in [-0.39, 0.29) is 11.8 Å². The fraction of sp³-hybridized carbons (Fsp3) is 0.263. The second-order valence-electron chi connectivity index (χ2n) is 5.81. The first-order valence-electron chi connectivity index (χ1n) is 8.02. The van der Waals surface area contributed by atoms with Crippen molar-refractivity contribution in [2.75, 3.05) is 4.90 Å². The third kappa shape index (κ3) is 3.29. The largest absolute Gasteiger partial charge is 0.350 e. The molecule has 0 radical (unpaired) electrons. The maximum absolute atomic E-state index is 12.7. The Hall–Kier alpha value is -2.33. The summed E-state index contributed by atoms with van der Waals surface area (Å²) in [6.07, 6.45) is 0.920. The third-order valence-electron chi connectivity index (χ3n) is 4.23. The van der Waals surface area contributed by atoms with Crippen molar-refractivity contribution in [1.82, 2.24) is 5.32 Å². The summed E-state index contributed by atoms with van der Waals surface area (Å²) in [4.78, 5) is 26.6. The van der Waals surface area contributed by atoms with Gasteiger partial charge in [0, 0.05) is 30.1 Å². The van der Waals surface area contributed by atoms with Crippen LogP contribution in [0.3, 0.4) is 0 Å². The number of hydrogen-bond acceptors (Lipinski definition) is 2. The molecule has 0 unspecified atom stereocenters. The van der Waals surface area contributed by atoms with E-state index in [4.69, 9.17) is 11.6 Å². The number of benzene rings is 2. The summed E-state index contributed by atoms with van der Waals surface area (Å²) in [7, 11) is 0. The van der Waals surface area contributed by atoms with Gasteiger partial charge in [0.2, 0.25) is 11.8 Å². The summed E-state index contributed by atoms with van der Waals surface area (Å²) in [5, 5.41) is 3.59. The molecule has 0 saturated carbocycles. The van der Waals surface area contributed by atoms with Gasteiger partial charge in [-0.25, -0.2) is 0 Å². The van der Waals surface area contributed by atoms with Crippen LogP contribution in [0.1, 0.15) is 24.5 Å². The molecular formula is C19H19ClN2O2. The van der Waals surface area contributed by atoms with E-state index in [1.807, 2.05) is 43.3 Å². The summed E-state index contributed by atoms with van der Waals surface area (Å²) in [6, 6.07) is 14.5. The van der Waals surface area contributed by atoms with Crippen LogP contribution in [0.2, 0.25) is 5.02 Å². The molecular weight excluding hydrogens is 324 g/mol. The van der Waals surface area contributed by atoms with Crippen LogP contribution in [0.15, 0.2) is 48.5 Å². The maximum Gasteiger partial charge on any atom is 0.243 e. The lowest BCUT2D eigenvalue weighted by Gasteiger charge is -2.24. The van der Waals surface area contributed by atoms with E-state index in [1.165, 1.54) is 0 Å². The molecule has 1 N–H and O–H groups in total. The van der Waals surface area contributed by atoms with Gasteiger partial charge in [0.1, 0.15) is 6.04 Å². The number of nitrogens with one attached hydrogen (secondary N) is 1. The number of hydrogen-bond donors (Lipinski definition) is 1. The molecule has 124 valence electrons. The van der Waals surface area contributed by atoms with Crippen molar-refractivity contribution in [2.24, 2.45) is 0 Å². The molecule has 0 aliphatic carbocycles. The lowest BCUT2D eigenvalue weighted by Crippen LogP contribution is -2.47. The zero-order chi connectivity index (χ0) is 17.1. The first-order chi connectivity index (χ1) is 11.6. The number of rotatable bonds is 4. The van der Waals surface area contributed by atoms with Crippen molar-refractivity contribution in [3.63, 3.8) is 0 Å². The predicted octanol–water partition coefficient (Wildman–Crippen LogP) is 3.32. The van der Waals surface area contributed by atoms with Gasteiger partial charge in [-0.3, -0.25) is 14.5 Å². The molecule has 1 aliphatic heterocycles. The minimum Gasteiger partial charge on any atom is -0.350 e. The lowest BCUT2D eigenvalue weighted by molar-refractivity contribution is -0.126. The van der Waals surface area contributed by atoms with Crippen LogP contribution in [0, 0.1) is 0 Å². The quantitative estimate of drug-likeness (QED) is 0.926. The van der Waals surface area contributed by atoms with E-state index in [0.29, 0.717) is 24.4 Å². The maximum atomic E-state index is 12.7. The monoisotopic (exact) mass is 342 g/mol. The molecule has 2 aromatic carbocycles. The fourth-order valence-electron chi connectivity index (χ4n) is 2.98. The molecule has 0 fully saturated rings. The summed E-state index contributed by atoms with van der Waals surface area (Å²) in [6.45, 7) is 2.23. The van der Waals surface area contributed by atoms with Gasteiger partial charge in [-0.2, -0.15) is 0 Å². The van der Waals surface area contributed by atoms with Gasteiger partial charge in [-0.15, -0.1) is 0 Å². The molecule has 3 rings (SSSR count). The summed E-state index contributed by atoms with van der Waals surface area (Å²) < 4.78 is 0. The molecule has 24 heavy (non-hydrogen) atoms. The molecule has 1 heterocycles. The molecule has 2 amide bonds. The highest BCUT2D eigenvalue weighted by Crippen LogP contribution is 2.32. The average molecular weight is 343 g/mol. The van der Waals surface area contributed by atoms with E-state index in [0.717, 1.165) is 16.8 Å². The number of amides is 2. The number of carbonyl (C=O) groups excluding carboxylic acids is 2. The Morgan fingerprint density at radius 2 is 1.88 bits per heavy atom. The topological polar surface area (TPSA) is 49.4 Å². The normalized spacial score (nSPS) is 15.9. The number of halogens is 1. The minimum absolute atomic E-state index is 0.0356. The van der Waals surface area contributed by atoms with Gasteiger partial charge in [0.05, 0.1) is 0 Å². The van der Waals surface area contributed by atoms with Gasteiger partial charge in [0.15, 0.2) is 0 Å². The number of nitrogens with zero attached hydrogens (tertiary/aromatic N) is 1. The van der Waals surface area contributed by atoms with Gasteiger partial charge < -0.3 is 5.32 Å². The molecule has 1 atom stereocenters. The van der Waals surface area contributed by atoms with E-state index in [9.17, 15) is 9.59 Å². The molecule has 0 saturated heterocycles. The third-order valence-corrected chi connectivity index (χ3v) is 4.48. The Morgan fingerprint density at radius 1 is 1.17 bits per heavy atom. The SMILES string of the molecule is CCC(=O)N1c2ccccc2C[C@@H]1C(=O)NCc1ccc(Cl)cc1. The van der Waals surface area contributed by atoms with Crippen molar-refractivity contribution in [2.45, 2.75) is 32.4 Å². The molecule has 0 spiro atoms. The Labute approximate surface area is 146 Å². The number of fused-ring (bicyclic) bond motifs is 1. The number of anilines is 1. The Morgan fingerprint density at radius 3 is 2.58 bits per heavy atom. The predicted molar refractivity (Wildman–Crippen MR) is 95.0 cm³/mol. The zero-order valence-corrected chi connectivity index (χ0v) is 14.2. The second kappa shape index (κ2) is 7.05. The van der Waals surface area contributed by atoms with Gasteiger partial charge in [-0.05, 0) is 29.3 Å². The molecule has 0 bridgehead atoms. The van der Waals surface area contributed by atoms with Crippen LogP contribution in [-0.2, 0) is 22.6 Å². The first-order valence-corrected chi connectivity index (χ1v) is 8.40. The highest BCUT2D eigenvalue weighted by molar-refractivity contribution is 6.30. The van der Waals surface area contributed by atoms with E-state index in [1.54, 1.807) is 17.0 Å². The zero-order valence-electron chi connectivity index (χ0n) is 13.5. The summed E-state index contributed by atoms with van der Waals surface area (Å²) >= 11 is 5.87. The van der Waals surface area contributed by atoms with Gasteiger partial charge >= 0.3 is 0 Å². The Kier molecular flexibility index (Phi) is 4.86. The minimum atomic E-state index is -0.484. The molecule has 4 nitrogen and oxygen atoms in total. The van der Waals surface area contributed by atoms with Crippen LogP contribution in [0.5, 0.6) is 0 Å². The number of carbonyl (C=O) groups is 2. The molecule has 5 heteroatoms. The summed E-state index contributed by atoms with van der Waals surface area (Å²) in [5.41, 5.74) is 2.85. The molecule has 0 aromatic heterocycles. The lowest BCUT2D eigenvalue weighted by atomic mass is 10.1. The van der Waals surface area contributed by atoms with Crippen molar-refractivity contribution in [1.29, 1.82) is 0 Å². The van der Waals surface area contributed by atoms with Gasteiger partial charge in [-0.1, -0.05) is 48.9 Å². The fourth-order valence-corrected chi connectivity index (χ4v) is 3.11. The van der Waals surface area contributed by atoms with Crippen molar-refractivity contribution < 1.29 is 9.59 Å². The standard InChI is InChI=1S/C19H19ClN2O2/c1-2-18(23)22-16-6-4-3-5-14(16)11-17(22)19(24)21-12-13-7-9-15(20)10-8-13/h3-10,17H,2,11-12H2,1H3,(H,21,24)/t17-/m1/s1. The average Bonchev–Trinajstić information content (AvgIpc) is 3.00. The van der Waals surface area contributed by atoms with Crippen molar-refractivity contribution in [3.05, 3.63) is 64.7 Å². The Bertz CT molecular complexity index is 758. The van der Waals surface area contributed by atoms with Crippen molar-refractivity contribution in [3.8, 4) is 0 Å². The van der Waals surface area contributed by atoms with E-state index < -0.39 is 6.04 Å². The van der Waals surface area contributed by atoms with Crippen LogP contribution >= 0.6 is 11.6 Å². The Balaban J connectivity index is 1.74. The molecule has 2 aromatic rings. The van der Waals surface area contributed by atoms with E-state index in [2.05, 4.69) is 5.32 Å². The smallest absolute Gasteiger partial charge is 0.243 e. The number of para-hydroxylation sites is 1. The van der Waals surface area contributed by atoms with E-state index >= 15 is 0 Å².